The minimum atomic E-state index is 0. The fraction of sp³-hybridized carbons (Fsp3) is 0.625. The summed E-state index contributed by atoms with van der Waals surface area (Å²) in [6, 6.07) is 6.71. The van der Waals surface area contributed by atoms with E-state index in [9.17, 15) is 0 Å². The standard InChI is InChI=1S/C16H26N2O2.ClH/c1-12(17)14-8-4-5-10-18(14)11-13-7-6-9-15(19-2)16(13)20-3;/h6-7,9,12,14H,4-5,8,10-11,17H2,1-3H3;1H. The van der Waals surface area contributed by atoms with Gasteiger partial charge >= 0.3 is 0 Å². The molecule has 1 aliphatic heterocycles. The maximum absolute atomic E-state index is 6.14. The summed E-state index contributed by atoms with van der Waals surface area (Å²) in [5.74, 6) is 1.63. The van der Waals surface area contributed by atoms with Crippen molar-refractivity contribution in [1.82, 2.24) is 4.90 Å². The number of piperidine rings is 1. The number of hydrogen-bond acceptors (Lipinski definition) is 4. The van der Waals surface area contributed by atoms with Gasteiger partial charge < -0.3 is 15.2 Å². The highest BCUT2D eigenvalue weighted by molar-refractivity contribution is 5.85. The van der Waals surface area contributed by atoms with Crippen molar-refractivity contribution in [3.05, 3.63) is 23.8 Å². The molecule has 2 rings (SSSR count). The molecule has 1 heterocycles. The first-order valence-electron chi connectivity index (χ1n) is 7.37. The molecule has 1 saturated heterocycles. The van der Waals surface area contributed by atoms with Crippen molar-refractivity contribution in [2.45, 2.75) is 44.8 Å². The first-order chi connectivity index (χ1) is 9.67. The molecular formula is C16H27ClN2O2. The molecule has 0 bridgehead atoms. The smallest absolute Gasteiger partial charge is 0.165 e. The summed E-state index contributed by atoms with van der Waals surface area (Å²) in [5, 5.41) is 0. The van der Waals surface area contributed by atoms with Crippen LogP contribution in [0.3, 0.4) is 0 Å². The lowest BCUT2D eigenvalue weighted by Crippen LogP contribution is -2.48. The van der Waals surface area contributed by atoms with Crippen LogP contribution in [0, 0.1) is 0 Å². The van der Waals surface area contributed by atoms with Crippen molar-refractivity contribution in [3.63, 3.8) is 0 Å². The monoisotopic (exact) mass is 314 g/mol. The summed E-state index contributed by atoms with van der Waals surface area (Å²) in [4.78, 5) is 2.48. The van der Waals surface area contributed by atoms with Gasteiger partial charge in [-0.1, -0.05) is 18.6 Å². The van der Waals surface area contributed by atoms with Crippen molar-refractivity contribution in [1.29, 1.82) is 0 Å². The zero-order valence-electron chi connectivity index (χ0n) is 13.2. The van der Waals surface area contributed by atoms with E-state index >= 15 is 0 Å². The van der Waals surface area contributed by atoms with E-state index in [1.165, 1.54) is 24.8 Å². The first kappa shape index (κ1) is 18.1. The maximum atomic E-state index is 6.14. The number of methoxy groups -OCH3 is 2. The summed E-state index contributed by atoms with van der Waals surface area (Å²) in [7, 11) is 3.37. The van der Waals surface area contributed by atoms with Crippen molar-refractivity contribution < 1.29 is 9.47 Å². The van der Waals surface area contributed by atoms with Crippen LogP contribution in [0.4, 0.5) is 0 Å². The fourth-order valence-corrected chi connectivity index (χ4v) is 3.11. The molecule has 21 heavy (non-hydrogen) atoms. The van der Waals surface area contributed by atoms with E-state index in [-0.39, 0.29) is 18.4 Å². The number of rotatable bonds is 5. The number of ether oxygens (including phenoxy) is 2. The molecule has 0 saturated carbocycles. The Kier molecular flexibility index (Phi) is 7.29. The third kappa shape index (κ3) is 4.25. The number of para-hydroxylation sites is 1. The van der Waals surface area contributed by atoms with Crippen molar-refractivity contribution >= 4 is 12.4 Å². The summed E-state index contributed by atoms with van der Waals surface area (Å²) >= 11 is 0. The Balaban J connectivity index is 0.00000220. The van der Waals surface area contributed by atoms with Gasteiger partial charge in [-0.2, -0.15) is 0 Å². The molecule has 1 aromatic rings. The molecule has 2 unspecified atom stereocenters. The zero-order valence-corrected chi connectivity index (χ0v) is 14.0. The molecule has 0 aliphatic carbocycles. The van der Waals surface area contributed by atoms with Gasteiger partial charge in [-0.15, -0.1) is 12.4 Å². The van der Waals surface area contributed by atoms with Gasteiger partial charge in [-0.05, 0) is 32.4 Å². The van der Waals surface area contributed by atoms with Crippen LogP contribution in [0.2, 0.25) is 0 Å². The number of halogens is 1. The Hall–Kier alpha value is -0.970. The molecule has 4 nitrogen and oxygen atoms in total. The van der Waals surface area contributed by atoms with Gasteiger partial charge in [0.1, 0.15) is 0 Å². The van der Waals surface area contributed by atoms with Crippen LogP contribution < -0.4 is 15.2 Å². The maximum Gasteiger partial charge on any atom is 0.165 e. The van der Waals surface area contributed by atoms with Gasteiger partial charge in [-0.25, -0.2) is 0 Å². The van der Waals surface area contributed by atoms with E-state index in [0.717, 1.165) is 24.6 Å². The van der Waals surface area contributed by atoms with Crippen LogP contribution in [-0.4, -0.2) is 37.7 Å². The van der Waals surface area contributed by atoms with Crippen LogP contribution in [0.1, 0.15) is 31.7 Å². The lowest BCUT2D eigenvalue weighted by molar-refractivity contribution is 0.121. The Bertz CT molecular complexity index is 440. The normalized spacial score (nSPS) is 20.5. The molecule has 0 radical (unpaired) electrons. The van der Waals surface area contributed by atoms with Crippen LogP contribution >= 0.6 is 12.4 Å². The zero-order chi connectivity index (χ0) is 14.5. The van der Waals surface area contributed by atoms with Crippen LogP contribution in [0.5, 0.6) is 11.5 Å². The molecule has 1 aliphatic rings. The summed E-state index contributed by atoms with van der Waals surface area (Å²) in [6.45, 7) is 4.07. The van der Waals surface area contributed by atoms with Gasteiger partial charge in [0.05, 0.1) is 14.2 Å². The van der Waals surface area contributed by atoms with Crippen molar-refractivity contribution in [2.75, 3.05) is 20.8 Å². The Morgan fingerprint density at radius 3 is 2.67 bits per heavy atom. The third-order valence-corrected chi connectivity index (χ3v) is 4.13. The number of benzene rings is 1. The van der Waals surface area contributed by atoms with E-state index < -0.39 is 0 Å². The van der Waals surface area contributed by atoms with Crippen LogP contribution in [0.15, 0.2) is 18.2 Å². The lowest BCUT2D eigenvalue weighted by Gasteiger charge is -2.38. The molecule has 0 aromatic heterocycles. The molecular weight excluding hydrogens is 288 g/mol. The number of nitrogens with two attached hydrogens (primary N) is 1. The molecule has 0 spiro atoms. The Labute approximate surface area is 134 Å². The second kappa shape index (κ2) is 8.47. The topological polar surface area (TPSA) is 47.7 Å². The minimum absolute atomic E-state index is 0. The van der Waals surface area contributed by atoms with Crippen molar-refractivity contribution in [3.8, 4) is 11.5 Å². The van der Waals surface area contributed by atoms with Crippen LogP contribution in [-0.2, 0) is 6.54 Å². The molecule has 5 heteroatoms. The summed E-state index contributed by atoms with van der Waals surface area (Å²) in [5.41, 5.74) is 7.31. The van der Waals surface area contributed by atoms with E-state index in [2.05, 4.69) is 17.9 Å². The van der Waals surface area contributed by atoms with Gasteiger partial charge in [0.2, 0.25) is 0 Å². The molecule has 120 valence electrons. The van der Waals surface area contributed by atoms with E-state index in [1.54, 1.807) is 14.2 Å². The quantitative estimate of drug-likeness (QED) is 0.908. The van der Waals surface area contributed by atoms with E-state index in [1.807, 2.05) is 12.1 Å². The molecule has 2 atom stereocenters. The highest BCUT2D eigenvalue weighted by Crippen LogP contribution is 2.33. The largest absolute Gasteiger partial charge is 0.493 e. The van der Waals surface area contributed by atoms with Gasteiger partial charge in [0.25, 0.3) is 0 Å². The second-order valence-electron chi connectivity index (χ2n) is 5.55. The third-order valence-electron chi connectivity index (χ3n) is 4.13. The molecule has 0 amide bonds. The summed E-state index contributed by atoms with van der Waals surface area (Å²) < 4.78 is 10.9. The van der Waals surface area contributed by atoms with Gasteiger partial charge in [0, 0.05) is 24.2 Å². The average molecular weight is 315 g/mol. The SMILES string of the molecule is COc1cccc(CN2CCCCC2C(C)N)c1OC.Cl. The number of likely N-dealkylation sites (tertiary alicyclic amines) is 1. The predicted octanol–water partition coefficient (Wildman–Crippen LogP) is 2.83. The predicted molar refractivity (Wildman–Crippen MR) is 88.5 cm³/mol. The second-order valence-corrected chi connectivity index (χ2v) is 5.55. The fourth-order valence-electron chi connectivity index (χ4n) is 3.11. The highest BCUT2D eigenvalue weighted by Gasteiger charge is 2.26. The van der Waals surface area contributed by atoms with E-state index in [0.29, 0.717) is 6.04 Å². The molecule has 1 aromatic carbocycles. The minimum Gasteiger partial charge on any atom is -0.493 e. The average Bonchev–Trinajstić information content (AvgIpc) is 2.47. The molecule has 2 N–H and O–H groups in total. The number of hydrogen-bond donors (Lipinski definition) is 1. The Morgan fingerprint density at radius 2 is 2.05 bits per heavy atom. The summed E-state index contributed by atoms with van der Waals surface area (Å²) in [6.07, 6.45) is 3.71. The van der Waals surface area contributed by atoms with E-state index in [4.69, 9.17) is 15.2 Å². The highest BCUT2D eigenvalue weighted by atomic mass is 35.5. The lowest BCUT2D eigenvalue weighted by atomic mass is 9.96. The van der Waals surface area contributed by atoms with Gasteiger partial charge in [-0.3, -0.25) is 4.90 Å². The first-order valence-corrected chi connectivity index (χ1v) is 7.37. The van der Waals surface area contributed by atoms with Gasteiger partial charge in [0.15, 0.2) is 11.5 Å². The van der Waals surface area contributed by atoms with Crippen molar-refractivity contribution in [2.24, 2.45) is 5.73 Å². The van der Waals surface area contributed by atoms with Crippen LogP contribution in [0.25, 0.3) is 0 Å². The molecule has 1 fully saturated rings. The Morgan fingerprint density at radius 1 is 1.29 bits per heavy atom. The number of nitrogens with zero attached hydrogens (tertiary/aromatic N) is 1.